The van der Waals surface area contributed by atoms with Gasteiger partial charge in [-0.2, -0.15) is 0 Å². The molecule has 27 heavy (non-hydrogen) atoms. The third-order valence-electron chi connectivity index (χ3n) is 3.83. The van der Waals surface area contributed by atoms with Crippen LogP contribution in [0.15, 0.2) is 54.6 Å². The van der Waals surface area contributed by atoms with Crippen LogP contribution in [-0.2, 0) is 11.2 Å². The van der Waals surface area contributed by atoms with E-state index in [9.17, 15) is 9.59 Å². The summed E-state index contributed by atoms with van der Waals surface area (Å²) in [7, 11) is 0. The zero-order valence-corrected chi connectivity index (χ0v) is 15.8. The van der Waals surface area contributed by atoms with Crippen LogP contribution in [-0.4, -0.2) is 28.6 Å². The van der Waals surface area contributed by atoms with Gasteiger partial charge in [-0.1, -0.05) is 59.4 Å². The molecular weight excluding hydrogens is 360 g/mol. The van der Waals surface area contributed by atoms with Crippen LogP contribution in [0.5, 0.6) is 0 Å². The molecule has 0 radical (unpaired) electrons. The smallest absolute Gasteiger partial charge is 0.251 e. The van der Waals surface area contributed by atoms with E-state index in [1.807, 2.05) is 55.5 Å². The van der Waals surface area contributed by atoms with Crippen LogP contribution in [0.25, 0.3) is 0 Å². The van der Waals surface area contributed by atoms with Gasteiger partial charge in [-0.25, -0.2) is 0 Å². The van der Waals surface area contributed by atoms with Gasteiger partial charge < -0.3 is 10.6 Å². The lowest BCUT2D eigenvalue weighted by atomic mass is 10.1. The maximum absolute atomic E-state index is 12.1. The molecule has 1 heterocycles. The van der Waals surface area contributed by atoms with Crippen molar-refractivity contribution in [3.05, 3.63) is 76.3 Å². The van der Waals surface area contributed by atoms with E-state index in [-0.39, 0.29) is 24.8 Å². The van der Waals surface area contributed by atoms with Crippen molar-refractivity contribution in [1.82, 2.24) is 15.5 Å². The molecule has 2 amide bonds. The SMILES string of the molecule is Cc1cccc(C(=O)NCCC(=O)Nc2nnc(Cc3ccccc3)s2)c1. The van der Waals surface area contributed by atoms with Gasteiger partial charge in [-0.15, -0.1) is 10.2 Å². The van der Waals surface area contributed by atoms with Crippen molar-refractivity contribution < 1.29 is 9.59 Å². The molecule has 7 heteroatoms. The molecule has 0 aliphatic carbocycles. The molecule has 0 saturated carbocycles. The van der Waals surface area contributed by atoms with Gasteiger partial charge in [-0.3, -0.25) is 9.59 Å². The second-order valence-electron chi connectivity index (χ2n) is 6.09. The van der Waals surface area contributed by atoms with Crippen LogP contribution in [0.3, 0.4) is 0 Å². The van der Waals surface area contributed by atoms with Crippen molar-refractivity contribution in [2.24, 2.45) is 0 Å². The Morgan fingerprint density at radius 3 is 2.63 bits per heavy atom. The monoisotopic (exact) mass is 380 g/mol. The predicted octanol–water partition coefficient (Wildman–Crippen LogP) is 3.20. The predicted molar refractivity (Wildman–Crippen MR) is 106 cm³/mol. The highest BCUT2D eigenvalue weighted by Crippen LogP contribution is 2.18. The molecule has 6 nitrogen and oxygen atoms in total. The van der Waals surface area contributed by atoms with Crippen LogP contribution in [0.1, 0.15) is 32.9 Å². The fourth-order valence-corrected chi connectivity index (χ4v) is 3.30. The van der Waals surface area contributed by atoms with Crippen molar-refractivity contribution in [3.63, 3.8) is 0 Å². The van der Waals surface area contributed by atoms with Crippen LogP contribution in [0, 0.1) is 6.92 Å². The Labute approximate surface area is 161 Å². The first-order chi connectivity index (χ1) is 13.1. The highest BCUT2D eigenvalue weighted by atomic mass is 32.1. The molecule has 0 saturated heterocycles. The summed E-state index contributed by atoms with van der Waals surface area (Å²) in [4.78, 5) is 24.1. The Balaban J connectivity index is 1.44. The second-order valence-corrected chi connectivity index (χ2v) is 7.15. The lowest BCUT2D eigenvalue weighted by molar-refractivity contribution is -0.116. The van der Waals surface area contributed by atoms with Crippen molar-refractivity contribution in [2.75, 3.05) is 11.9 Å². The lowest BCUT2D eigenvalue weighted by Gasteiger charge is -2.05. The molecule has 0 unspecified atom stereocenters. The van der Waals surface area contributed by atoms with Crippen molar-refractivity contribution in [1.29, 1.82) is 0 Å². The topological polar surface area (TPSA) is 84.0 Å². The maximum atomic E-state index is 12.1. The van der Waals surface area contributed by atoms with E-state index in [1.165, 1.54) is 11.3 Å². The number of carbonyl (C=O) groups excluding carboxylic acids is 2. The molecule has 3 rings (SSSR count). The van der Waals surface area contributed by atoms with E-state index in [0.29, 0.717) is 17.1 Å². The summed E-state index contributed by atoms with van der Waals surface area (Å²) in [5.41, 5.74) is 2.75. The molecule has 0 aliphatic heterocycles. The van der Waals surface area contributed by atoms with E-state index >= 15 is 0 Å². The highest BCUT2D eigenvalue weighted by Gasteiger charge is 2.10. The number of rotatable bonds is 7. The van der Waals surface area contributed by atoms with Crippen molar-refractivity contribution in [2.45, 2.75) is 19.8 Å². The number of aromatic nitrogens is 2. The first-order valence-corrected chi connectivity index (χ1v) is 9.43. The number of benzene rings is 2. The second kappa shape index (κ2) is 9.05. The molecule has 0 aliphatic rings. The number of hydrogen-bond donors (Lipinski definition) is 2. The van der Waals surface area contributed by atoms with Gasteiger partial charge in [0.15, 0.2) is 0 Å². The third-order valence-corrected chi connectivity index (χ3v) is 4.67. The number of nitrogens with one attached hydrogen (secondary N) is 2. The minimum absolute atomic E-state index is 0.172. The number of nitrogens with zero attached hydrogens (tertiary/aromatic N) is 2. The van der Waals surface area contributed by atoms with Gasteiger partial charge in [0.25, 0.3) is 5.91 Å². The average molecular weight is 380 g/mol. The number of amides is 2. The van der Waals surface area contributed by atoms with E-state index in [2.05, 4.69) is 20.8 Å². The van der Waals surface area contributed by atoms with Crippen LogP contribution in [0.2, 0.25) is 0 Å². The van der Waals surface area contributed by atoms with Gasteiger partial charge in [0.05, 0.1) is 0 Å². The van der Waals surface area contributed by atoms with Gasteiger partial charge in [0.1, 0.15) is 5.01 Å². The Morgan fingerprint density at radius 2 is 1.85 bits per heavy atom. The zero-order chi connectivity index (χ0) is 19.1. The van der Waals surface area contributed by atoms with Crippen molar-refractivity contribution in [3.8, 4) is 0 Å². The first-order valence-electron chi connectivity index (χ1n) is 8.61. The van der Waals surface area contributed by atoms with E-state index in [1.54, 1.807) is 6.07 Å². The summed E-state index contributed by atoms with van der Waals surface area (Å²) in [6, 6.07) is 17.3. The molecule has 0 fully saturated rings. The Bertz CT molecular complexity index is 924. The zero-order valence-electron chi connectivity index (χ0n) is 14.9. The minimum Gasteiger partial charge on any atom is -0.352 e. The van der Waals surface area contributed by atoms with Gasteiger partial charge in [0.2, 0.25) is 11.0 Å². The average Bonchev–Trinajstić information content (AvgIpc) is 3.09. The molecule has 1 aromatic heterocycles. The highest BCUT2D eigenvalue weighted by molar-refractivity contribution is 7.15. The van der Waals surface area contributed by atoms with E-state index in [4.69, 9.17) is 0 Å². The summed E-state index contributed by atoms with van der Waals surface area (Å²) in [6.07, 6.45) is 0.853. The maximum Gasteiger partial charge on any atom is 0.251 e. The van der Waals surface area contributed by atoms with Gasteiger partial charge >= 0.3 is 0 Å². The molecule has 0 spiro atoms. The molecule has 138 valence electrons. The van der Waals surface area contributed by atoms with E-state index < -0.39 is 0 Å². The minimum atomic E-state index is -0.207. The molecule has 0 atom stereocenters. The summed E-state index contributed by atoms with van der Waals surface area (Å²) < 4.78 is 0. The normalized spacial score (nSPS) is 10.4. The Kier molecular flexibility index (Phi) is 6.27. The number of anilines is 1. The first kappa shape index (κ1) is 18.7. The molecule has 2 N–H and O–H groups in total. The summed E-state index contributed by atoms with van der Waals surface area (Å²) >= 11 is 1.35. The quantitative estimate of drug-likeness (QED) is 0.659. The fourth-order valence-electron chi connectivity index (χ4n) is 2.51. The van der Waals surface area contributed by atoms with E-state index in [0.717, 1.165) is 16.1 Å². The van der Waals surface area contributed by atoms with Crippen molar-refractivity contribution >= 4 is 28.3 Å². The largest absolute Gasteiger partial charge is 0.352 e. The van der Waals surface area contributed by atoms with Crippen LogP contribution >= 0.6 is 11.3 Å². The van der Waals surface area contributed by atoms with Gasteiger partial charge in [0, 0.05) is 24.9 Å². The number of hydrogen-bond acceptors (Lipinski definition) is 5. The summed E-state index contributed by atoms with van der Waals surface area (Å²) in [6.45, 7) is 2.19. The standard InChI is InChI=1S/C20H20N4O2S/c1-14-6-5-9-16(12-14)19(26)21-11-10-17(25)22-20-24-23-18(27-20)13-15-7-3-2-4-8-15/h2-9,12H,10-11,13H2,1H3,(H,21,26)(H,22,24,25). The summed E-state index contributed by atoms with van der Waals surface area (Å²) in [5, 5.41) is 14.9. The molecule has 3 aromatic rings. The number of carbonyl (C=O) groups is 2. The van der Waals surface area contributed by atoms with Gasteiger partial charge in [-0.05, 0) is 24.6 Å². The van der Waals surface area contributed by atoms with Crippen LogP contribution in [0.4, 0.5) is 5.13 Å². The Hall–Kier alpha value is -3.06. The third kappa shape index (κ3) is 5.72. The molecular formula is C20H20N4O2S. The number of aryl methyl sites for hydroxylation is 1. The lowest BCUT2D eigenvalue weighted by Crippen LogP contribution is -2.27. The van der Waals surface area contributed by atoms with Crippen LogP contribution < -0.4 is 10.6 Å². The fraction of sp³-hybridized carbons (Fsp3) is 0.200. The summed E-state index contributed by atoms with van der Waals surface area (Å²) in [5.74, 6) is -0.394. The molecule has 2 aromatic carbocycles. The molecule has 0 bridgehead atoms. The Morgan fingerprint density at radius 1 is 1.04 bits per heavy atom.